The number of nitrogens with zero attached hydrogens (tertiary/aromatic N) is 2. The van der Waals surface area contributed by atoms with Gasteiger partial charge in [-0.05, 0) is 79.1 Å². The van der Waals surface area contributed by atoms with Crippen LogP contribution in [-0.2, 0) is 16.0 Å². The number of aromatic nitrogens is 1. The summed E-state index contributed by atoms with van der Waals surface area (Å²) in [7, 11) is 0. The largest absolute Gasteiger partial charge is 0.351 e. The Bertz CT molecular complexity index is 1040. The van der Waals surface area contributed by atoms with Crippen molar-refractivity contribution in [3.63, 3.8) is 0 Å². The van der Waals surface area contributed by atoms with Crippen molar-refractivity contribution in [2.45, 2.75) is 58.0 Å². The number of amides is 2. The molecular weight excluding hydrogens is 418 g/mol. The zero-order valence-electron chi connectivity index (χ0n) is 18.6. The summed E-state index contributed by atoms with van der Waals surface area (Å²) in [5.41, 5.74) is 3.61. The zero-order chi connectivity index (χ0) is 22.5. The van der Waals surface area contributed by atoms with Crippen molar-refractivity contribution in [2.75, 3.05) is 4.90 Å². The van der Waals surface area contributed by atoms with E-state index < -0.39 is 6.04 Å². The van der Waals surface area contributed by atoms with Gasteiger partial charge in [-0.15, -0.1) is 11.3 Å². The molecule has 0 saturated heterocycles. The highest BCUT2D eigenvalue weighted by Crippen LogP contribution is 2.31. The molecule has 1 fully saturated rings. The monoisotopic (exact) mass is 447 g/mol. The van der Waals surface area contributed by atoms with E-state index in [0.29, 0.717) is 0 Å². The van der Waals surface area contributed by atoms with Crippen molar-refractivity contribution in [3.05, 3.63) is 81.8 Å². The van der Waals surface area contributed by atoms with E-state index in [1.54, 1.807) is 28.6 Å². The van der Waals surface area contributed by atoms with Gasteiger partial charge in [-0.3, -0.25) is 19.5 Å². The van der Waals surface area contributed by atoms with Gasteiger partial charge < -0.3 is 5.32 Å². The molecule has 0 bridgehead atoms. The summed E-state index contributed by atoms with van der Waals surface area (Å²) in [4.78, 5) is 34.2. The molecule has 3 aromatic rings. The van der Waals surface area contributed by atoms with Crippen molar-refractivity contribution < 1.29 is 9.59 Å². The Morgan fingerprint density at radius 3 is 2.41 bits per heavy atom. The van der Waals surface area contributed by atoms with Crippen LogP contribution in [0.15, 0.2) is 60.2 Å². The van der Waals surface area contributed by atoms with Gasteiger partial charge in [-0.25, -0.2) is 0 Å². The first-order valence-corrected chi connectivity index (χ1v) is 12.0. The fourth-order valence-electron chi connectivity index (χ4n) is 4.49. The number of nitrogens with one attached hydrogen (secondary N) is 1. The van der Waals surface area contributed by atoms with Gasteiger partial charge in [-0.2, -0.15) is 0 Å². The van der Waals surface area contributed by atoms with Crippen LogP contribution in [0.2, 0.25) is 0 Å². The van der Waals surface area contributed by atoms with Gasteiger partial charge in [0.15, 0.2) is 0 Å². The van der Waals surface area contributed by atoms with Crippen LogP contribution in [0.25, 0.3) is 0 Å². The van der Waals surface area contributed by atoms with Crippen LogP contribution in [0.5, 0.6) is 0 Å². The van der Waals surface area contributed by atoms with Gasteiger partial charge >= 0.3 is 0 Å². The van der Waals surface area contributed by atoms with Crippen molar-refractivity contribution in [2.24, 2.45) is 0 Å². The van der Waals surface area contributed by atoms with Gasteiger partial charge in [0.25, 0.3) is 0 Å². The van der Waals surface area contributed by atoms with E-state index in [1.807, 2.05) is 55.6 Å². The number of hydrogen-bond acceptors (Lipinski definition) is 4. The lowest BCUT2D eigenvalue weighted by molar-refractivity contribution is -0.127. The molecule has 2 aromatic heterocycles. The fraction of sp³-hybridized carbons (Fsp3) is 0.346. The molecule has 1 aliphatic rings. The maximum atomic E-state index is 13.7. The molecule has 1 aliphatic carbocycles. The fourth-order valence-corrected chi connectivity index (χ4v) is 5.18. The third-order valence-electron chi connectivity index (χ3n) is 5.89. The first-order valence-electron chi connectivity index (χ1n) is 11.1. The average molecular weight is 448 g/mol. The highest BCUT2D eigenvalue weighted by molar-refractivity contribution is 7.10. The second-order valence-electron chi connectivity index (χ2n) is 8.54. The molecule has 2 amide bonds. The smallest absolute Gasteiger partial charge is 0.248 e. The van der Waals surface area contributed by atoms with Crippen molar-refractivity contribution in [3.8, 4) is 0 Å². The minimum absolute atomic E-state index is 0.0964. The van der Waals surface area contributed by atoms with Gasteiger partial charge in [0.05, 0.1) is 6.42 Å². The van der Waals surface area contributed by atoms with Crippen LogP contribution in [0.4, 0.5) is 5.69 Å². The molecule has 32 heavy (non-hydrogen) atoms. The standard InChI is InChI=1S/C26H29N3O2S/c1-18-14-19(2)16-22(15-18)29(24(30)17-23-8-5-13-32-23)25(20-9-11-27-12-10-20)26(31)28-21-6-3-4-7-21/h5,8-16,21,25H,3-4,6-7,17H2,1-2H3,(H,28,31)/t25-/m0/s1. The van der Waals surface area contributed by atoms with Crippen molar-refractivity contribution in [1.82, 2.24) is 10.3 Å². The number of carbonyl (C=O) groups excluding carboxylic acids is 2. The van der Waals surface area contributed by atoms with Crippen LogP contribution >= 0.6 is 11.3 Å². The lowest BCUT2D eigenvalue weighted by Gasteiger charge is -2.32. The third-order valence-corrected chi connectivity index (χ3v) is 6.77. The Morgan fingerprint density at radius 2 is 1.78 bits per heavy atom. The van der Waals surface area contributed by atoms with Crippen LogP contribution < -0.4 is 10.2 Å². The molecule has 6 heteroatoms. The van der Waals surface area contributed by atoms with Gasteiger partial charge in [0.2, 0.25) is 11.8 Å². The van der Waals surface area contributed by atoms with Crippen LogP contribution in [0.1, 0.15) is 53.3 Å². The minimum Gasteiger partial charge on any atom is -0.351 e. The number of anilines is 1. The summed E-state index contributed by atoms with van der Waals surface area (Å²) in [6.45, 7) is 4.02. The topological polar surface area (TPSA) is 62.3 Å². The predicted molar refractivity (Wildman–Crippen MR) is 129 cm³/mol. The molecule has 1 saturated carbocycles. The number of hydrogen-bond donors (Lipinski definition) is 1. The molecule has 0 unspecified atom stereocenters. The maximum Gasteiger partial charge on any atom is 0.248 e. The molecule has 1 atom stereocenters. The normalized spacial score (nSPS) is 14.8. The molecule has 0 aliphatic heterocycles. The predicted octanol–water partition coefficient (Wildman–Crippen LogP) is 5.14. The lowest BCUT2D eigenvalue weighted by Crippen LogP contribution is -2.47. The van der Waals surface area contributed by atoms with E-state index in [1.165, 1.54) is 0 Å². The average Bonchev–Trinajstić information content (AvgIpc) is 3.46. The molecule has 1 aromatic carbocycles. The highest BCUT2D eigenvalue weighted by Gasteiger charge is 2.34. The Morgan fingerprint density at radius 1 is 1.09 bits per heavy atom. The SMILES string of the molecule is Cc1cc(C)cc(N(C(=O)Cc2cccs2)[C@H](C(=O)NC2CCCC2)c2ccncc2)c1. The van der Waals surface area contributed by atoms with Crippen LogP contribution in [0.3, 0.4) is 0 Å². The molecule has 0 spiro atoms. The molecule has 4 rings (SSSR count). The van der Waals surface area contributed by atoms with Gasteiger partial charge in [-0.1, -0.05) is 25.0 Å². The van der Waals surface area contributed by atoms with E-state index in [9.17, 15) is 9.59 Å². The molecule has 0 radical (unpaired) electrons. The van der Waals surface area contributed by atoms with Gasteiger partial charge in [0.1, 0.15) is 6.04 Å². The summed E-state index contributed by atoms with van der Waals surface area (Å²) in [6.07, 6.45) is 7.83. The molecule has 166 valence electrons. The first kappa shape index (κ1) is 22.2. The van der Waals surface area contributed by atoms with E-state index in [0.717, 1.165) is 52.9 Å². The van der Waals surface area contributed by atoms with Crippen LogP contribution in [-0.4, -0.2) is 22.8 Å². The number of thiophene rings is 1. The summed E-state index contributed by atoms with van der Waals surface area (Å²) in [5, 5.41) is 5.19. The van der Waals surface area contributed by atoms with E-state index in [2.05, 4.69) is 16.4 Å². The number of benzene rings is 1. The lowest BCUT2D eigenvalue weighted by atomic mass is 10.0. The van der Waals surface area contributed by atoms with E-state index in [4.69, 9.17) is 0 Å². The quantitative estimate of drug-likeness (QED) is 0.546. The number of rotatable bonds is 7. The number of aryl methyl sites for hydroxylation is 2. The summed E-state index contributed by atoms with van der Waals surface area (Å²) in [6, 6.07) is 13.0. The molecule has 2 heterocycles. The van der Waals surface area contributed by atoms with Gasteiger partial charge in [0, 0.05) is 29.0 Å². The molecular formula is C26H29N3O2S. The Kier molecular flexibility index (Phi) is 7.00. The Labute approximate surface area is 193 Å². The second kappa shape index (κ2) is 10.1. The number of carbonyl (C=O) groups is 2. The van der Waals surface area contributed by atoms with Crippen molar-refractivity contribution in [1.29, 1.82) is 0 Å². The van der Waals surface area contributed by atoms with Crippen molar-refractivity contribution >= 4 is 28.8 Å². The maximum absolute atomic E-state index is 13.7. The Hall–Kier alpha value is -2.99. The minimum atomic E-state index is -0.757. The summed E-state index contributed by atoms with van der Waals surface area (Å²) < 4.78 is 0. The van der Waals surface area contributed by atoms with Crippen LogP contribution in [0, 0.1) is 13.8 Å². The van der Waals surface area contributed by atoms with E-state index in [-0.39, 0.29) is 24.3 Å². The molecule has 5 nitrogen and oxygen atoms in total. The third kappa shape index (κ3) is 5.25. The first-order chi connectivity index (χ1) is 15.5. The number of pyridine rings is 1. The molecule has 1 N–H and O–H groups in total. The highest BCUT2D eigenvalue weighted by atomic mass is 32.1. The Balaban J connectivity index is 1.77. The summed E-state index contributed by atoms with van der Waals surface area (Å²) >= 11 is 1.55. The zero-order valence-corrected chi connectivity index (χ0v) is 19.4. The second-order valence-corrected chi connectivity index (χ2v) is 9.57. The summed E-state index contributed by atoms with van der Waals surface area (Å²) in [5.74, 6) is -0.234. The van der Waals surface area contributed by atoms with E-state index >= 15 is 0 Å².